The number of carbonyl (C=O) groups is 1. The standard InChI is InChI=1S/C16H18N8O/c1-22-14-13(10-20-22)15(19-11-18-14)23-5-7-24(8-6-23)16(25)21-12-3-2-4-17-9-12/h2-4,9-11H,5-8H2,1H3,(H,21,25). The van der Waals surface area contributed by atoms with Gasteiger partial charge in [-0.05, 0) is 12.1 Å². The predicted molar refractivity (Wildman–Crippen MR) is 93.3 cm³/mol. The van der Waals surface area contributed by atoms with Crippen molar-refractivity contribution >= 4 is 28.6 Å². The molecule has 0 saturated carbocycles. The van der Waals surface area contributed by atoms with E-state index >= 15 is 0 Å². The number of carbonyl (C=O) groups excluding carboxylic acids is 1. The molecule has 1 aliphatic heterocycles. The van der Waals surface area contributed by atoms with Crippen molar-refractivity contribution in [3.63, 3.8) is 0 Å². The Kier molecular flexibility index (Phi) is 3.88. The van der Waals surface area contributed by atoms with Crippen LogP contribution in [0, 0.1) is 0 Å². The molecule has 0 unspecified atom stereocenters. The van der Waals surface area contributed by atoms with Crippen LogP contribution in [0.25, 0.3) is 11.0 Å². The molecule has 9 nitrogen and oxygen atoms in total. The number of hydrogen-bond acceptors (Lipinski definition) is 6. The minimum Gasteiger partial charge on any atom is -0.352 e. The molecule has 128 valence electrons. The maximum atomic E-state index is 12.4. The van der Waals surface area contributed by atoms with Crippen molar-refractivity contribution in [2.75, 3.05) is 36.4 Å². The smallest absolute Gasteiger partial charge is 0.322 e. The van der Waals surface area contributed by atoms with Crippen LogP contribution >= 0.6 is 0 Å². The summed E-state index contributed by atoms with van der Waals surface area (Å²) in [5.74, 6) is 0.866. The molecule has 3 aromatic rings. The van der Waals surface area contributed by atoms with Crippen LogP contribution in [-0.2, 0) is 7.05 Å². The van der Waals surface area contributed by atoms with E-state index in [1.54, 1.807) is 40.6 Å². The zero-order chi connectivity index (χ0) is 17.2. The summed E-state index contributed by atoms with van der Waals surface area (Å²) in [6.07, 6.45) is 6.65. The van der Waals surface area contributed by atoms with Crippen LogP contribution in [0.3, 0.4) is 0 Å². The zero-order valence-electron chi connectivity index (χ0n) is 13.8. The molecule has 2 amide bonds. The van der Waals surface area contributed by atoms with Crippen molar-refractivity contribution in [2.24, 2.45) is 7.05 Å². The largest absolute Gasteiger partial charge is 0.352 e. The second-order valence-electron chi connectivity index (χ2n) is 5.85. The molecule has 1 fully saturated rings. The van der Waals surface area contributed by atoms with Crippen LogP contribution in [0.5, 0.6) is 0 Å². The van der Waals surface area contributed by atoms with Crippen molar-refractivity contribution in [3.05, 3.63) is 37.1 Å². The molecule has 25 heavy (non-hydrogen) atoms. The second-order valence-corrected chi connectivity index (χ2v) is 5.85. The van der Waals surface area contributed by atoms with Crippen LogP contribution in [0.2, 0.25) is 0 Å². The number of fused-ring (bicyclic) bond motifs is 1. The molecule has 0 spiro atoms. The number of nitrogens with zero attached hydrogens (tertiary/aromatic N) is 7. The zero-order valence-corrected chi connectivity index (χ0v) is 13.8. The molecule has 0 aliphatic carbocycles. The molecule has 1 aliphatic rings. The lowest BCUT2D eigenvalue weighted by molar-refractivity contribution is 0.208. The molecular weight excluding hydrogens is 320 g/mol. The third-order valence-electron chi connectivity index (χ3n) is 4.29. The van der Waals surface area contributed by atoms with E-state index < -0.39 is 0 Å². The average molecular weight is 338 g/mol. The minimum absolute atomic E-state index is 0.109. The highest BCUT2D eigenvalue weighted by atomic mass is 16.2. The highest BCUT2D eigenvalue weighted by Crippen LogP contribution is 2.23. The fourth-order valence-corrected chi connectivity index (χ4v) is 2.96. The van der Waals surface area contributed by atoms with E-state index in [2.05, 4.69) is 30.3 Å². The maximum absolute atomic E-state index is 12.4. The number of pyridine rings is 1. The third-order valence-corrected chi connectivity index (χ3v) is 4.29. The Bertz CT molecular complexity index is 886. The van der Waals surface area contributed by atoms with Crippen LogP contribution in [0.4, 0.5) is 16.3 Å². The minimum atomic E-state index is -0.109. The van der Waals surface area contributed by atoms with Gasteiger partial charge in [-0.2, -0.15) is 5.10 Å². The van der Waals surface area contributed by atoms with Gasteiger partial charge in [0.25, 0.3) is 0 Å². The molecular formula is C16H18N8O. The van der Waals surface area contributed by atoms with Gasteiger partial charge in [-0.3, -0.25) is 9.67 Å². The van der Waals surface area contributed by atoms with Crippen molar-refractivity contribution < 1.29 is 4.79 Å². The molecule has 4 rings (SSSR count). The van der Waals surface area contributed by atoms with Gasteiger partial charge in [-0.15, -0.1) is 0 Å². The topological polar surface area (TPSA) is 92.1 Å². The van der Waals surface area contributed by atoms with E-state index in [-0.39, 0.29) is 6.03 Å². The predicted octanol–water partition coefficient (Wildman–Crippen LogP) is 1.11. The van der Waals surface area contributed by atoms with Crippen molar-refractivity contribution in [2.45, 2.75) is 0 Å². The lowest BCUT2D eigenvalue weighted by atomic mass is 10.3. The highest BCUT2D eigenvalue weighted by Gasteiger charge is 2.23. The molecule has 1 saturated heterocycles. The van der Waals surface area contributed by atoms with Crippen LogP contribution in [-0.4, -0.2) is 61.8 Å². The first kappa shape index (κ1) is 15.3. The number of nitrogens with one attached hydrogen (secondary N) is 1. The first-order valence-corrected chi connectivity index (χ1v) is 8.06. The molecule has 0 atom stereocenters. The third kappa shape index (κ3) is 2.95. The molecule has 0 aromatic carbocycles. The number of piperazine rings is 1. The van der Waals surface area contributed by atoms with E-state index in [9.17, 15) is 4.79 Å². The quantitative estimate of drug-likeness (QED) is 0.753. The summed E-state index contributed by atoms with van der Waals surface area (Å²) < 4.78 is 1.73. The van der Waals surface area contributed by atoms with Crippen molar-refractivity contribution in [3.8, 4) is 0 Å². The molecule has 3 aromatic heterocycles. The number of rotatable bonds is 2. The summed E-state index contributed by atoms with van der Waals surface area (Å²) in [5.41, 5.74) is 1.50. The van der Waals surface area contributed by atoms with E-state index in [0.717, 1.165) is 16.9 Å². The monoisotopic (exact) mass is 338 g/mol. The summed E-state index contributed by atoms with van der Waals surface area (Å²) in [4.78, 5) is 29.0. The van der Waals surface area contributed by atoms with Gasteiger partial charge in [0.1, 0.15) is 12.1 Å². The second kappa shape index (κ2) is 6.34. The number of aryl methyl sites for hydroxylation is 1. The first-order chi connectivity index (χ1) is 12.2. The molecule has 0 radical (unpaired) electrons. The van der Waals surface area contributed by atoms with Gasteiger partial charge in [0.15, 0.2) is 5.65 Å². The first-order valence-electron chi connectivity index (χ1n) is 8.06. The SMILES string of the molecule is Cn1ncc2c(N3CCN(C(=O)Nc4cccnc4)CC3)ncnc21. The summed E-state index contributed by atoms with van der Waals surface area (Å²) in [5, 5.41) is 8.04. The fraction of sp³-hybridized carbons (Fsp3) is 0.312. The number of amides is 2. The Morgan fingerprint density at radius 1 is 1.16 bits per heavy atom. The molecule has 9 heteroatoms. The summed E-state index contributed by atoms with van der Waals surface area (Å²) in [6, 6.07) is 3.50. The lowest BCUT2D eigenvalue weighted by Crippen LogP contribution is -2.50. The van der Waals surface area contributed by atoms with E-state index in [1.165, 1.54) is 0 Å². The van der Waals surface area contributed by atoms with E-state index in [4.69, 9.17) is 0 Å². The van der Waals surface area contributed by atoms with Crippen LogP contribution in [0.15, 0.2) is 37.1 Å². The normalized spacial score (nSPS) is 14.8. The number of hydrogen-bond donors (Lipinski definition) is 1. The van der Waals surface area contributed by atoms with Crippen LogP contribution in [0.1, 0.15) is 0 Å². The highest BCUT2D eigenvalue weighted by molar-refractivity contribution is 5.90. The maximum Gasteiger partial charge on any atom is 0.322 e. The summed E-state index contributed by atoms with van der Waals surface area (Å²) in [6.45, 7) is 2.67. The van der Waals surface area contributed by atoms with Gasteiger partial charge in [0.05, 0.1) is 23.5 Å². The Morgan fingerprint density at radius 3 is 2.76 bits per heavy atom. The average Bonchev–Trinajstić information content (AvgIpc) is 3.04. The summed E-state index contributed by atoms with van der Waals surface area (Å²) in [7, 11) is 1.86. The Hall–Kier alpha value is -3.23. The van der Waals surface area contributed by atoms with E-state index in [1.807, 2.05) is 13.1 Å². The van der Waals surface area contributed by atoms with E-state index in [0.29, 0.717) is 31.9 Å². The molecule has 0 bridgehead atoms. The molecule has 4 heterocycles. The van der Waals surface area contributed by atoms with Gasteiger partial charge in [0.2, 0.25) is 0 Å². The van der Waals surface area contributed by atoms with Gasteiger partial charge < -0.3 is 15.1 Å². The Labute approximate surface area is 144 Å². The Morgan fingerprint density at radius 2 is 2.00 bits per heavy atom. The number of urea groups is 1. The molecule has 1 N–H and O–H groups in total. The number of anilines is 2. The van der Waals surface area contributed by atoms with Gasteiger partial charge in [-0.1, -0.05) is 0 Å². The van der Waals surface area contributed by atoms with Gasteiger partial charge in [-0.25, -0.2) is 14.8 Å². The van der Waals surface area contributed by atoms with Crippen LogP contribution < -0.4 is 10.2 Å². The van der Waals surface area contributed by atoms with Crippen molar-refractivity contribution in [1.82, 2.24) is 29.6 Å². The Balaban J connectivity index is 1.43. The van der Waals surface area contributed by atoms with Gasteiger partial charge in [0, 0.05) is 39.4 Å². The summed E-state index contributed by atoms with van der Waals surface area (Å²) >= 11 is 0. The number of aromatic nitrogens is 5. The van der Waals surface area contributed by atoms with Crippen molar-refractivity contribution in [1.29, 1.82) is 0 Å². The lowest BCUT2D eigenvalue weighted by Gasteiger charge is -2.35. The van der Waals surface area contributed by atoms with Gasteiger partial charge >= 0.3 is 6.03 Å². The fourth-order valence-electron chi connectivity index (χ4n) is 2.96.